The van der Waals surface area contributed by atoms with E-state index < -0.39 is 17.1 Å². The van der Waals surface area contributed by atoms with Gasteiger partial charge in [-0.25, -0.2) is 0 Å². The van der Waals surface area contributed by atoms with Gasteiger partial charge in [0.1, 0.15) is 0 Å². The second-order valence-electron chi connectivity index (χ2n) is 4.92. The van der Waals surface area contributed by atoms with Crippen molar-refractivity contribution in [3.05, 3.63) is 27.8 Å². The molecule has 0 saturated carbocycles. The van der Waals surface area contributed by atoms with E-state index in [0.717, 1.165) is 6.42 Å². The van der Waals surface area contributed by atoms with Gasteiger partial charge in [0, 0.05) is 0 Å². The number of hydrogen-bond acceptors (Lipinski definition) is 6. The van der Waals surface area contributed by atoms with Crippen molar-refractivity contribution < 1.29 is 19.5 Å². The molecule has 0 aromatic heterocycles. The molecule has 1 heterocycles. The zero-order valence-corrected chi connectivity index (χ0v) is 12.6. The second-order valence-corrected chi connectivity index (χ2v) is 4.92. The fourth-order valence-corrected chi connectivity index (χ4v) is 2.15. The summed E-state index contributed by atoms with van der Waals surface area (Å²) in [6, 6.07) is 1.93. The molecule has 1 aromatic rings. The van der Waals surface area contributed by atoms with Crippen LogP contribution in [0.15, 0.2) is 12.1 Å². The Kier molecular flexibility index (Phi) is 5.77. The van der Waals surface area contributed by atoms with Crippen molar-refractivity contribution in [1.82, 2.24) is 0 Å². The van der Waals surface area contributed by atoms with E-state index in [4.69, 9.17) is 15.2 Å². The van der Waals surface area contributed by atoms with Crippen molar-refractivity contribution in [3.63, 3.8) is 0 Å². The van der Waals surface area contributed by atoms with E-state index in [1.807, 2.05) is 13.8 Å². The topological polar surface area (TPSA) is 108 Å². The SMILES string of the molecule is CCC(C)[C@@H](O)[C@@H](N)c1cc2c(cc1[N+](=O)[O-])OCO2.Cl. The summed E-state index contributed by atoms with van der Waals surface area (Å²) in [6.45, 7) is 3.80. The molecule has 8 heteroatoms. The summed E-state index contributed by atoms with van der Waals surface area (Å²) >= 11 is 0. The van der Waals surface area contributed by atoms with E-state index in [1.165, 1.54) is 12.1 Å². The molecular formula is C13H19ClN2O5. The standard InChI is InChI=1S/C13H18N2O5.ClH/c1-3-7(2)13(16)12(14)8-4-10-11(20-6-19-10)5-9(8)15(17)18;/h4-5,7,12-13,16H,3,6,14H2,1-2H3;1H/t7?,12-,13+;/m0./s1. The summed E-state index contributed by atoms with van der Waals surface area (Å²) in [5, 5.41) is 21.3. The average molecular weight is 319 g/mol. The maximum atomic E-state index is 11.2. The largest absolute Gasteiger partial charge is 0.454 e. The number of nitro groups is 1. The lowest BCUT2D eigenvalue weighted by Gasteiger charge is -2.24. The third-order valence-corrected chi connectivity index (χ3v) is 3.67. The molecule has 21 heavy (non-hydrogen) atoms. The number of hydrogen-bond donors (Lipinski definition) is 2. The number of nitrogens with zero attached hydrogens (tertiary/aromatic N) is 1. The molecule has 0 spiro atoms. The monoisotopic (exact) mass is 318 g/mol. The highest BCUT2D eigenvalue weighted by molar-refractivity contribution is 5.85. The molecule has 1 aliphatic heterocycles. The van der Waals surface area contributed by atoms with E-state index in [2.05, 4.69) is 0 Å². The van der Waals surface area contributed by atoms with Crippen molar-refractivity contribution in [2.75, 3.05) is 6.79 Å². The van der Waals surface area contributed by atoms with Crippen LogP contribution in [0.25, 0.3) is 0 Å². The van der Waals surface area contributed by atoms with Gasteiger partial charge >= 0.3 is 0 Å². The average Bonchev–Trinajstić information content (AvgIpc) is 2.90. The van der Waals surface area contributed by atoms with Crippen molar-refractivity contribution in [3.8, 4) is 11.5 Å². The first-order chi connectivity index (χ1) is 9.45. The summed E-state index contributed by atoms with van der Waals surface area (Å²) in [4.78, 5) is 10.6. The first-order valence-electron chi connectivity index (χ1n) is 6.47. The van der Waals surface area contributed by atoms with Crippen LogP contribution in [0.1, 0.15) is 31.9 Å². The number of benzene rings is 1. The summed E-state index contributed by atoms with van der Waals surface area (Å²) < 4.78 is 10.3. The zero-order valence-electron chi connectivity index (χ0n) is 11.8. The summed E-state index contributed by atoms with van der Waals surface area (Å²) in [5.41, 5.74) is 6.09. The zero-order chi connectivity index (χ0) is 14.9. The van der Waals surface area contributed by atoms with Gasteiger partial charge in [0.25, 0.3) is 5.69 Å². The predicted octanol–water partition coefficient (Wildman–Crippen LogP) is 2.15. The van der Waals surface area contributed by atoms with Crippen molar-refractivity contribution in [1.29, 1.82) is 0 Å². The third kappa shape index (κ3) is 3.37. The van der Waals surface area contributed by atoms with Crippen LogP contribution in [0.4, 0.5) is 5.69 Å². The number of nitro benzene ring substituents is 1. The Labute approximate surface area is 128 Å². The summed E-state index contributed by atoms with van der Waals surface area (Å²) in [5.74, 6) is 0.679. The normalized spacial score (nSPS) is 16.8. The number of fused-ring (bicyclic) bond motifs is 1. The van der Waals surface area contributed by atoms with Crippen LogP contribution in [0.5, 0.6) is 11.5 Å². The fraction of sp³-hybridized carbons (Fsp3) is 0.538. The van der Waals surface area contributed by atoms with Crippen LogP contribution in [-0.4, -0.2) is 22.9 Å². The first kappa shape index (κ1) is 17.5. The van der Waals surface area contributed by atoms with Crippen LogP contribution in [-0.2, 0) is 0 Å². The number of rotatable bonds is 5. The lowest BCUT2D eigenvalue weighted by molar-refractivity contribution is -0.385. The van der Waals surface area contributed by atoms with Crippen LogP contribution >= 0.6 is 12.4 Å². The van der Waals surface area contributed by atoms with Gasteiger partial charge in [-0.1, -0.05) is 20.3 Å². The maximum Gasteiger partial charge on any atom is 0.278 e. The first-order valence-corrected chi connectivity index (χ1v) is 6.47. The van der Waals surface area contributed by atoms with E-state index in [1.54, 1.807) is 0 Å². The minimum absolute atomic E-state index is 0. The molecule has 0 fully saturated rings. The van der Waals surface area contributed by atoms with Gasteiger partial charge in [-0.05, 0) is 12.0 Å². The van der Waals surface area contributed by atoms with Gasteiger partial charge in [0.2, 0.25) is 6.79 Å². The second kappa shape index (κ2) is 6.93. The third-order valence-electron chi connectivity index (χ3n) is 3.67. The molecular weight excluding hydrogens is 300 g/mol. The van der Waals surface area contributed by atoms with Gasteiger partial charge in [0.15, 0.2) is 11.5 Å². The van der Waals surface area contributed by atoms with Gasteiger partial charge in [-0.3, -0.25) is 10.1 Å². The molecule has 0 saturated heterocycles. The molecule has 0 amide bonds. The Morgan fingerprint density at radius 2 is 2.00 bits per heavy atom. The van der Waals surface area contributed by atoms with Crippen LogP contribution in [0.2, 0.25) is 0 Å². The number of aliphatic hydroxyl groups excluding tert-OH is 1. The Hall–Kier alpha value is -1.57. The van der Waals surface area contributed by atoms with Crippen LogP contribution in [0, 0.1) is 16.0 Å². The fourth-order valence-electron chi connectivity index (χ4n) is 2.15. The van der Waals surface area contributed by atoms with Gasteiger partial charge in [-0.2, -0.15) is 0 Å². The molecule has 2 rings (SSSR count). The van der Waals surface area contributed by atoms with Gasteiger partial charge < -0.3 is 20.3 Å². The highest BCUT2D eigenvalue weighted by Gasteiger charge is 2.31. The minimum Gasteiger partial charge on any atom is -0.454 e. The molecule has 118 valence electrons. The van der Waals surface area contributed by atoms with E-state index >= 15 is 0 Å². The Morgan fingerprint density at radius 3 is 2.52 bits per heavy atom. The number of aliphatic hydroxyl groups is 1. The number of nitrogens with two attached hydrogens (primary N) is 1. The smallest absolute Gasteiger partial charge is 0.278 e. The van der Waals surface area contributed by atoms with E-state index in [9.17, 15) is 15.2 Å². The molecule has 0 radical (unpaired) electrons. The Balaban J connectivity index is 0.00000220. The molecule has 1 aliphatic rings. The Bertz CT molecular complexity index is 526. The van der Waals surface area contributed by atoms with Crippen LogP contribution in [0.3, 0.4) is 0 Å². The molecule has 3 N–H and O–H groups in total. The molecule has 0 bridgehead atoms. The van der Waals surface area contributed by atoms with Crippen molar-refractivity contribution in [2.24, 2.45) is 11.7 Å². The van der Waals surface area contributed by atoms with Crippen molar-refractivity contribution >= 4 is 18.1 Å². The molecule has 1 aromatic carbocycles. The Morgan fingerprint density at radius 1 is 1.43 bits per heavy atom. The highest BCUT2D eigenvalue weighted by atomic mass is 35.5. The summed E-state index contributed by atoms with van der Waals surface area (Å²) in [7, 11) is 0. The molecule has 1 unspecified atom stereocenters. The highest BCUT2D eigenvalue weighted by Crippen LogP contribution is 2.40. The van der Waals surface area contributed by atoms with Crippen LogP contribution < -0.4 is 15.2 Å². The molecule has 3 atom stereocenters. The molecule has 7 nitrogen and oxygen atoms in total. The van der Waals surface area contributed by atoms with E-state index in [-0.39, 0.29) is 36.4 Å². The number of ether oxygens (including phenoxy) is 2. The lowest BCUT2D eigenvalue weighted by Crippen LogP contribution is -2.32. The van der Waals surface area contributed by atoms with Gasteiger partial charge in [-0.15, -0.1) is 12.4 Å². The predicted molar refractivity (Wildman–Crippen MR) is 78.9 cm³/mol. The minimum atomic E-state index is -0.862. The lowest BCUT2D eigenvalue weighted by atomic mass is 9.90. The van der Waals surface area contributed by atoms with Gasteiger partial charge in [0.05, 0.1) is 28.7 Å². The summed E-state index contributed by atoms with van der Waals surface area (Å²) in [6.07, 6.45) is -0.133. The van der Waals surface area contributed by atoms with E-state index in [0.29, 0.717) is 11.5 Å². The van der Waals surface area contributed by atoms with Crippen molar-refractivity contribution in [2.45, 2.75) is 32.4 Å². The molecule has 0 aliphatic carbocycles. The number of halogens is 1. The quantitative estimate of drug-likeness (QED) is 0.636. The maximum absolute atomic E-state index is 11.2.